The summed E-state index contributed by atoms with van der Waals surface area (Å²) in [6.45, 7) is 0.386. The van der Waals surface area contributed by atoms with Gasteiger partial charge in [-0.25, -0.2) is 5.43 Å². The minimum Gasteiger partial charge on any atom is -0.489 e. The van der Waals surface area contributed by atoms with Crippen molar-refractivity contribution in [3.63, 3.8) is 0 Å². The van der Waals surface area contributed by atoms with E-state index in [0.29, 0.717) is 17.4 Å². The Labute approximate surface area is 139 Å². The van der Waals surface area contributed by atoms with Gasteiger partial charge in [0, 0.05) is 10.6 Å². The van der Waals surface area contributed by atoms with Gasteiger partial charge in [0.15, 0.2) is 0 Å². The fraction of sp³-hybridized carbons (Fsp3) is 0.118. The number of nitriles is 1. The minimum absolute atomic E-state index is 0.216. The van der Waals surface area contributed by atoms with Crippen molar-refractivity contribution >= 4 is 23.7 Å². The number of hydrogen-bond donors (Lipinski definition) is 1. The molecule has 116 valence electrons. The van der Waals surface area contributed by atoms with E-state index in [2.05, 4.69) is 10.5 Å². The van der Waals surface area contributed by atoms with Crippen molar-refractivity contribution in [1.29, 1.82) is 5.26 Å². The third kappa shape index (κ3) is 5.46. The van der Waals surface area contributed by atoms with E-state index in [1.165, 1.54) is 6.21 Å². The van der Waals surface area contributed by atoms with E-state index in [0.717, 1.165) is 11.1 Å². The second kappa shape index (κ2) is 8.57. The summed E-state index contributed by atoms with van der Waals surface area (Å²) in [4.78, 5) is 11.1. The molecule has 1 amide bonds. The Hall–Kier alpha value is -2.84. The molecule has 0 radical (unpaired) electrons. The molecule has 23 heavy (non-hydrogen) atoms. The van der Waals surface area contributed by atoms with E-state index < -0.39 is 5.91 Å². The fourth-order valence-corrected chi connectivity index (χ4v) is 1.91. The quantitative estimate of drug-likeness (QED) is 0.653. The maximum absolute atomic E-state index is 11.1. The van der Waals surface area contributed by atoms with Gasteiger partial charge >= 0.3 is 0 Å². The van der Waals surface area contributed by atoms with Gasteiger partial charge in [0.1, 0.15) is 18.8 Å². The molecule has 0 saturated heterocycles. The van der Waals surface area contributed by atoms with Crippen LogP contribution in [-0.4, -0.2) is 12.1 Å². The maximum atomic E-state index is 11.1. The summed E-state index contributed by atoms with van der Waals surface area (Å²) in [5.41, 5.74) is 3.98. The highest BCUT2D eigenvalue weighted by Gasteiger charge is 2.00. The predicted molar refractivity (Wildman–Crippen MR) is 88.2 cm³/mol. The second-order valence-electron chi connectivity index (χ2n) is 4.58. The van der Waals surface area contributed by atoms with Crippen LogP contribution in [0, 0.1) is 11.3 Å². The molecule has 6 heteroatoms. The van der Waals surface area contributed by atoms with Crippen molar-refractivity contribution in [3.05, 3.63) is 64.7 Å². The number of carbonyl (C=O) groups is 1. The first-order chi connectivity index (χ1) is 11.2. The number of hydrogen-bond acceptors (Lipinski definition) is 4. The lowest BCUT2D eigenvalue weighted by Crippen LogP contribution is -2.16. The van der Waals surface area contributed by atoms with Gasteiger partial charge in [0.2, 0.25) is 0 Å². The molecule has 0 atom stereocenters. The lowest BCUT2D eigenvalue weighted by Gasteiger charge is -2.07. The number of amides is 1. The number of nitrogens with one attached hydrogen (secondary N) is 1. The van der Waals surface area contributed by atoms with Crippen molar-refractivity contribution in [1.82, 2.24) is 5.43 Å². The molecule has 0 bridgehead atoms. The van der Waals surface area contributed by atoms with Crippen molar-refractivity contribution in [2.75, 3.05) is 0 Å². The number of nitrogens with zero attached hydrogens (tertiary/aromatic N) is 2. The van der Waals surface area contributed by atoms with Crippen LogP contribution in [0.2, 0.25) is 5.02 Å². The van der Waals surface area contributed by atoms with Crippen LogP contribution < -0.4 is 10.2 Å². The van der Waals surface area contributed by atoms with Crippen molar-refractivity contribution in [2.45, 2.75) is 13.0 Å². The molecule has 0 aromatic heterocycles. The topological polar surface area (TPSA) is 74.5 Å². The Morgan fingerprint density at radius 2 is 2.00 bits per heavy atom. The first kappa shape index (κ1) is 16.5. The van der Waals surface area contributed by atoms with Gasteiger partial charge in [-0.05, 0) is 35.9 Å². The molecule has 2 aromatic carbocycles. The third-order valence-electron chi connectivity index (χ3n) is 2.87. The fourth-order valence-electron chi connectivity index (χ4n) is 1.72. The average molecular weight is 328 g/mol. The van der Waals surface area contributed by atoms with Crippen LogP contribution in [0.5, 0.6) is 5.75 Å². The Morgan fingerprint density at radius 1 is 1.26 bits per heavy atom. The van der Waals surface area contributed by atoms with Crippen LogP contribution in [0.15, 0.2) is 53.6 Å². The standard InChI is InChI=1S/C17H14ClN3O2/c18-16-4-2-1-3-14(16)12-23-15-7-5-13(6-8-15)11-20-21-17(22)9-10-19/h1-8,11H,9,12H2,(H,21,22)/b20-11-. The highest BCUT2D eigenvalue weighted by Crippen LogP contribution is 2.18. The van der Waals surface area contributed by atoms with Gasteiger partial charge in [0.25, 0.3) is 5.91 Å². The highest BCUT2D eigenvalue weighted by molar-refractivity contribution is 6.31. The molecule has 0 saturated carbocycles. The van der Waals surface area contributed by atoms with E-state index in [1.54, 1.807) is 18.2 Å². The molecule has 0 spiro atoms. The Balaban J connectivity index is 1.87. The first-order valence-electron chi connectivity index (χ1n) is 6.84. The maximum Gasteiger partial charge on any atom is 0.254 e. The second-order valence-corrected chi connectivity index (χ2v) is 4.98. The summed E-state index contributed by atoms with van der Waals surface area (Å²) < 4.78 is 5.67. The summed E-state index contributed by atoms with van der Waals surface area (Å²) >= 11 is 6.07. The summed E-state index contributed by atoms with van der Waals surface area (Å²) in [7, 11) is 0. The summed E-state index contributed by atoms with van der Waals surface area (Å²) in [5.74, 6) is 0.263. The summed E-state index contributed by atoms with van der Waals surface area (Å²) in [6.07, 6.45) is 1.28. The van der Waals surface area contributed by atoms with Gasteiger partial charge in [-0.2, -0.15) is 10.4 Å². The van der Waals surface area contributed by atoms with Gasteiger partial charge in [-0.3, -0.25) is 4.79 Å². The SMILES string of the molecule is N#CCC(=O)N/N=C\c1ccc(OCc2ccccc2Cl)cc1. The Kier molecular flexibility index (Phi) is 6.16. The van der Waals surface area contributed by atoms with Crippen LogP contribution in [-0.2, 0) is 11.4 Å². The molecule has 0 aliphatic heterocycles. The molecule has 0 heterocycles. The van der Waals surface area contributed by atoms with Crippen molar-refractivity contribution in [3.8, 4) is 11.8 Å². The first-order valence-corrected chi connectivity index (χ1v) is 7.22. The predicted octanol–water partition coefficient (Wildman–Crippen LogP) is 3.28. The number of ether oxygens (including phenoxy) is 1. The molecule has 0 aliphatic carbocycles. The van der Waals surface area contributed by atoms with E-state index in [9.17, 15) is 4.79 Å². The molecular weight excluding hydrogens is 314 g/mol. The monoisotopic (exact) mass is 327 g/mol. The van der Waals surface area contributed by atoms with Crippen LogP contribution in [0.1, 0.15) is 17.5 Å². The molecular formula is C17H14ClN3O2. The van der Waals surface area contributed by atoms with Crippen LogP contribution in [0.25, 0.3) is 0 Å². The molecule has 0 fully saturated rings. The zero-order chi connectivity index (χ0) is 16.5. The van der Waals surface area contributed by atoms with Gasteiger partial charge < -0.3 is 4.74 Å². The molecule has 2 aromatic rings. The van der Waals surface area contributed by atoms with E-state index in [-0.39, 0.29) is 6.42 Å². The van der Waals surface area contributed by atoms with Crippen molar-refractivity contribution < 1.29 is 9.53 Å². The van der Waals surface area contributed by atoms with Gasteiger partial charge in [-0.15, -0.1) is 0 Å². The van der Waals surface area contributed by atoms with Crippen molar-refractivity contribution in [2.24, 2.45) is 5.10 Å². The lowest BCUT2D eigenvalue weighted by atomic mass is 10.2. The molecule has 0 aliphatic rings. The molecule has 0 unspecified atom stereocenters. The highest BCUT2D eigenvalue weighted by atomic mass is 35.5. The number of halogens is 1. The number of benzene rings is 2. The average Bonchev–Trinajstić information content (AvgIpc) is 2.56. The number of carbonyl (C=O) groups excluding carboxylic acids is 1. The largest absolute Gasteiger partial charge is 0.489 e. The normalized spacial score (nSPS) is 10.3. The smallest absolute Gasteiger partial charge is 0.254 e. The van der Waals surface area contributed by atoms with Crippen LogP contribution in [0.4, 0.5) is 0 Å². The van der Waals surface area contributed by atoms with Gasteiger partial charge in [0.05, 0.1) is 12.3 Å². The Bertz CT molecular complexity index is 736. The lowest BCUT2D eigenvalue weighted by molar-refractivity contribution is -0.120. The minimum atomic E-state index is -0.441. The third-order valence-corrected chi connectivity index (χ3v) is 3.24. The van der Waals surface area contributed by atoms with E-state index in [4.69, 9.17) is 21.6 Å². The van der Waals surface area contributed by atoms with Gasteiger partial charge in [-0.1, -0.05) is 29.8 Å². The van der Waals surface area contributed by atoms with Crippen LogP contribution >= 0.6 is 11.6 Å². The van der Waals surface area contributed by atoms with E-state index >= 15 is 0 Å². The zero-order valence-corrected chi connectivity index (χ0v) is 13.0. The molecule has 5 nitrogen and oxygen atoms in total. The number of rotatable bonds is 6. The summed E-state index contributed by atoms with van der Waals surface area (Å²) in [6, 6.07) is 16.5. The Morgan fingerprint density at radius 3 is 2.70 bits per heavy atom. The van der Waals surface area contributed by atoms with E-state index in [1.807, 2.05) is 36.4 Å². The summed E-state index contributed by atoms with van der Waals surface area (Å²) in [5, 5.41) is 12.8. The molecule has 2 rings (SSSR count). The van der Waals surface area contributed by atoms with Crippen LogP contribution in [0.3, 0.4) is 0 Å². The number of hydrazone groups is 1. The molecule has 1 N–H and O–H groups in total. The zero-order valence-electron chi connectivity index (χ0n) is 12.2.